The number of aryl methyl sites for hydroxylation is 1. The Morgan fingerprint density at radius 3 is 2.94 bits per heavy atom. The Bertz CT molecular complexity index is 444. The summed E-state index contributed by atoms with van der Waals surface area (Å²) in [5.74, 6) is 0.817. The van der Waals surface area contributed by atoms with Crippen LogP contribution in [-0.2, 0) is 13.1 Å². The van der Waals surface area contributed by atoms with Crippen molar-refractivity contribution in [2.24, 2.45) is 5.73 Å². The van der Waals surface area contributed by atoms with Crippen LogP contribution in [0.2, 0.25) is 0 Å². The van der Waals surface area contributed by atoms with Crippen molar-refractivity contribution >= 4 is 0 Å². The van der Waals surface area contributed by atoms with E-state index in [0.717, 1.165) is 31.0 Å². The van der Waals surface area contributed by atoms with Crippen molar-refractivity contribution in [2.45, 2.75) is 26.4 Å². The third kappa shape index (κ3) is 2.11. The number of hydrogen-bond acceptors (Lipinski definition) is 4. The first-order valence-electron chi connectivity index (χ1n) is 5.45. The average molecular weight is 220 g/mol. The summed E-state index contributed by atoms with van der Waals surface area (Å²) in [4.78, 5) is 4.30. The molecule has 86 valence electrons. The van der Waals surface area contributed by atoms with Gasteiger partial charge in [-0.05, 0) is 6.42 Å². The molecule has 0 bridgehead atoms. The number of rotatable bonds is 5. The largest absolute Gasteiger partial charge is 0.335 e. The Morgan fingerprint density at radius 1 is 1.31 bits per heavy atom. The van der Waals surface area contributed by atoms with Crippen molar-refractivity contribution in [1.82, 2.24) is 24.3 Å². The Labute approximate surface area is 94.1 Å². The van der Waals surface area contributed by atoms with Gasteiger partial charge in [-0.15, -0.1) is 10.2 Å². The maximum Gasteiger partial charge on any atom is 0.183 e. The molecule has 2 aromatic rings. The lowest BCUT2D eigenvalue weighted by Crippen LogP contribution is -2.07. The average Bonchev–Trinajstić information content (AvgIpc) is 2.87. The van der Waals surface area contributed by atoms with Crippen LogP contribution >= 0.6 is 0 Å². The Balaban J connectivity index is 2.24. The van der Waals surface area contributed by atoms with Crippen LogP contribution in [0.3, 0.4) is 0 Å². The first kappa shape index (κ1) is 10.8. The maximum atomic E-state index is 5.48. The number of nitrogens with two attached hydrogens (primary N) is 1. The monoisotopic (exact) mass is 220 g/mol. The molecule has 0 fully saturated rings. The zero-order chi connectivity index (χ0) is 11.4. The predicted molar refractivity (Wildman–Crippen MR) is 60.6 cm³/mol. The van der Waals surface area contributed by atoms with E-state index in [1.54, 1.807) is 12.7 Å². The molecule has 0 saturated carbocycles. The third-order valence-electron chi connectivity index (χ3n) is 2.33. The highest BCUT2D eigenvalue weighted by atomic mass is 15.3. The SMILES string of the molecule is CCCn1cnnc1-c1cn(CCN)cn1. The normalized spacial score (nSPS) is 10.9. The predicted octanol–water partition coefficient (Wildman–Crippen LogP) is 0.510. The van der Waals surface area contributed by atoms with Crippen molar-refractivity contribution in [2.75, 3.05) is 6.54 Å². The first-order valence-corrected chi connectivity index (χ1v) is 5.45. The smallest absolute Gasteiger partial charge is 0.183 e. The third-order valence-corrected chi connectivity index (χ3v) is 2.33. The van der Waals surface area contributed by atoms with E-state index in [2.05, 4.69) is 22.1 Å². The molecule has 2 heterocycles. The molecular weight excluding hydrogens is 204 g/mol. The lowest BCUT2D eigenvalue weighted by Gasteiger charge is -2.01. The summed E-state index contributed by atoms with van der Waals surface area (Å²) in [6, 6.07) is 0. The molecule has 0 saturated heterocycles. The van der Waals surface area contributed by atoms with Gasteiger partial charge in [0, 0.05) is 25.8 Å². The highest BCUT2D eigenvalue weighted by molar-refractivity contribution is 5.47. The van der Waals surface area contributed by atoms with Crippen molar-refractivity contribution in [1.29, 1.82) is 0 Å². The highest BCUT2D eigenvalue weighted by Crippen LogP contribution is 2.13. The highest BCUT2D eigenvalue weighted by Gasteiger charge is 2.09. The molecule has 0 atom stereocenters. The van der Waals surface area contributed by atoms with Gasteiger partial charge in [-0.2, -0.15) is 0 Å². The first-order chi connectivity index (χ1) is 7.85. The van der Waals surface area contributed by atoms with Gasteiger partial charge in [-0.3, -0.25) is 0 Å². The molecule has 0 amide bonds. The summed E-state index contributed by atoms with van der Waals surface area (Å²) in [6.45, 7) is 4.41. The van der Waals surface area contributed by atoms with Crippen LogP contribution in [0.4, 0.5) is 0 Å². The van der Waals surface area contributed by atoms with E-state index in [1.807, 2.05) is 15.3 Å². The summed E-state index contributed by atoms with van der Waals surface area (Å²) in [6.07, 6.45) is 6.51. The van der Waals surface area contributed by atoms with Crippen molar-refractivity contribution < 1.29 is 0 Å². The molecule has 2 rings (SSSR count). The van der Waals surface area contributed by atoms with Gasteiger partial charge in [0.2, 0.25) is 0 Å². The van der Waals surface area contributed by atoms with Crippen LogP contribution in [0.15, 0.2) is 18.9 Å². The van der Waals surface area contributed by atoms with Gasteiger partial charge in [0.15, 0.2) is 5.82 Å². The Morgan fingerprint density at radius 2 is 2.19 bits per heavy atom. The molecule has 0 aliphatic rings. The second-order valence-corrected chi connectivity index (χ2v) is 3.63. The molecule has 0 aromatic carbocycles. The van der Waals surface area contributed by atoms with E-state index in [-0.39, 0.29) is 0 Å². The molecular formula is C10H16N6. The fraction of sp³-hybridized carbons (Fsp3) is 0.500. The molecule has 6 heteroatoms. The lowest BCUT2D eigenvalue weighted by atomic mass is 10.4. The molecule has 0 aliphatic heterocycles. The lowest BCUT2D eigenvalue weighted by molar-refractivity contribution is 0.681. The molecule has 16 heavy (non-hydrogen) atoms. The Kier molecular flexibility index (Phi) is 3.31. The molecule has 2 aromatic heterocycles. The van der Waals surface area contributed by atoms with Crippen LogP contribution in [0.5, 0.6) is 0 Å². The molecule has 0 aliphatic carbocycles. The van der Waals surface area contributed by atoms with Gasteiger partial charge in [0.05, 0.1) is 6.33 Å². The summed E-state index contributed by atoms with van der Waals surface area (Å²) in [7, 11) is 0. The number of hydrogen-bond donors (Lipinski definition) is 1. The number of imidazole rings is 1. The van der Waals surface area contributed by atoms with Crippen LogP contribution in [0.25, 0.3) is 11.5 Å². The second-order valence-electron chi connectivity index (χ2n) is 3.63. The quantitative estimate of drug-likeness (QED) is 0.796. The minimum absolute atomic E-state index is 0.609. The fourth-order valence-electron chi connectivity index (χ4n) is 1.60. The van der Waals surface area contributed by atoms with Gasteiger partial charge in [-0.25, -0.2) is 4.98 Å². The number of aromatic nitrogens is 5. The zero-order valence-electron chi connectivity index (χ0n) is 9.37. The fourth-order valence-corrected chi connectivity index (χ4v) is 1.60. The minimum Gasteiger partial charge on any atom is -0.335 e. The summed E-state index contributed by atoms with van der Waals surface area (Å²) in [5, 5.41) is 8.00. The standard InChI is InChI=1S/C10H16N6/c1-2-4-16-8-13-14-10(16)9-6-15(5-3-11)7-12-9/h6-8H,2-5,11H2,1H3. The second kappa shape index (κ2) is 4.89. The van der Waals surface area contributed by atoms with Crippen molar-refractivity contribution in [3.8, 4) is 11.5 Å². The Hall–Kier alpha value is -1.69. The van der Waals surface area contributed by atoms with Crippen molar-refractivity contribution in [3.05, 3.63) is 18.9 Å². The molecule has 2 N–H and O–H groups in total. The van der Waals surface area contributed by atoms with Gasteiger partial charge >= 0.3 is 0 Å². The van der Waals surface area contributed by atoms with Crippen LogP contribution in [-0.4, -0.2) is 30.9 Å². The molecule has 0 unspecified atom stereocenters. The van der Waals surface area contributed by atoms with E-state index in [0.29, 0.717) is 6.54 Å². The van der Waals surface area contributed by atoms with Crippen molar-refractivity contribution in [3.63, 3.8) is 0 Å². The van der Waals surface area contributed by atoms with Gasteiger partial charge in [0.25, 0.3) is 0 Å². The number of nitrogens with zero attached hydrogens (tertiary/aromatic N) is 5. The summed E-state index contributed by atoms with van der Waals surface area (Å²) >= 11 is 0. The van der Waals surface area contributed by atoms with E-state index in [4.69, 9.17) is 5.73 Å². The van der Waals surface area contributed by atoms with E-state index in [1.165, 1.54) is 0 Å². The summed E-state index contributed by atoms with van der Waals surface area (Å²) in [5.41, 5.74) is 6.33. The zero-order valence-corrected chi connectivity index (χ0v) is 9.37. The van der Waals surface area contributed by atoms with Crippen LogP contribution in [0.1, 0.15) is 13.3 Å². The molecule has 0 radical (unpaired) electrons. The summed E-state index contributed by atoms with van der Waals surface area (Å²) < 4.78 is 3.97. The maximum absolute atomic E-state index is 5.48. The van der Waals surface area contributed by atoms with Gasteiger partial charge in [-0.1, -0.05) is 6.92 Å². The van der Waals surface area contributed by atoms with Crippen LogP contribution < -0.4 is 5.73 Å². The van der Waals surface area contributed by atoms with E-state index >= 15 is 0 Å². The molecule has 6 nitrogen and oxygen atoms in total. The molecule has 0 spiro atoms. The van der Waals surface area contributed by atoms with Gasteiger partial charge < -0.3 is 14.9 Å². The minimum atomic E-state index is 0.609. The van der Waals surface area contributed by atoms with Crippen LogP contribution in [0, 0.1) is 0 Å². The topological polar surface area (TPSA) is 74.5 Å². The van der Waals surface area contributed by atoms with E-state index < -0.39 is 0 Å². The van der Waals surface area contributed by atoms with E-state index in [9.17, 15) is 0 Å². The van der Waals surface area contributed by atoms with Gasteiger partial charge in [0.1, 0.15) is 12.0 Å².